The summed E-state index contributed by atoms with van der Waals surface area (Å²) in [5.41, 5.74) is 2.16. The van der Waals surface area contributed by atoms with Gasteiger partial charge >= 0.3 is 0 Å². The first-order chi connectivity index (χ1) is 5.29. The summed E-state index contributed by atoms with van der Waals surface area (Å²) in [7, 11) is 0. The molecule has 0 bridgehead atoms. The van der Waals surface area contributed by atoms with Crippen molar-refractivity contribution in [3.8, 4) is 0 Å². The molecule has 0 saturated carbocycles. The first kappa shape index (κ1) is 6.68. The average molecular weight is 167 g/mol. The minimum absolute atomic E-state index is 0.709. The van der Waals surface area contributed by atoms with E-state index in [0.29, 0.717) is 5.02 Å². The second-order valence-corrected chi connectivity index (χ2v) is 2.92. The molecule has 1 N–H and O–H groups in total. The van der Waals surface area contributed by atoms with E-state index in [4.69, 9.17) is 11.6 Å². The molecule has 0 aliphatic heterocycles. The van der Waals surface area contributed by atoms with Gasteiger partial charge in [-0.2, -0.15) is 0 Å². The van der Waals surface area contributed by atoms with Gasteiger partial charge in [0.05, 0.1) is 16.7 Å². The Balaban J connectivity index is 2.96. The number of hydrogen-bond acceptors (Lipinski definition) is 1. The fourth-order valence-corrected chi connectivity index (χ4v) is 1.51. The molecule has 0 aliphatic carbocycles. The Morgan fingerprint density at radius 3 is 3.00 bits per heavy atom. The van der Waals surface area contributed by atoms with E-state index in [-0.39, 0.29) is 0 Å². The van der Waals surface area contributed by atoms with Crippen molar-refractivity contribution in [2.45, 2.75) is 6.92 Å². The Hall–Kier alpha value is -1.02. The number of halogens is 1. The van der Waals surface area contributed by atoms with Gasteiger partial charge in [-0.05, 0) is 12.5 Å². The van der Waals surface area contributed by atoms with Crippen LogP contribution in [0.15, 0.2) is 18.6 Å². The number of aromatic amines is 1. The van der Waals surface area contributed by atoms with E-state index in [1.54, 1.807) is 12.4 Å². The van der Waals surface area contributed by atoms with Gasteiger partial charge in [0.2, 0.25) is 0 Å². The van der Waals surface area contributed by atoms with Crippen LogP contribution in [-0.2, 0) is 0 Å². The van der Waals surface area contributed by atoms with Gasteiger partial charge in [-0.3, -0.25) is 4.98 Å². The van der Waals surface area contributed by atoms with Crippen LogP contribution in [0.3, 0.4) is 0 Å². The van der Waals surface area contributed by atoms with Crippen molar-refractivity contribution >= 4 is 22.5 Å². The summed E-state index contributed by atoms with van der Waals surface area (Å²) in [6, 6.07) is 0. The minimum atomic E-state index is 0.709. The molecule has 0 atom stereocenters. The highest BCUT2D eigenvalue weighted by Gasteiger charge is 2.02. The maximum absolute atomic E-state index is 5.92. The Bertz CT molecular complexity index is 392. The highest BCUT2D eigenvalue weighted by molar-refractivity contribution is 6.35. The monoisotopic (exact) mass is 166 g/mol. The van der Waals surface area contributed by atoms with Gasteiger partial charge in [-0.25, -0.2) is 0 Å². The predicted molar refractivity (Wildman–Crippen MR) is 45.8 cm³/mol. The molecule has 2 rings (SSSR count). The number of fused-ring (bicyclic) bond motifs is 1. The van der Waals surface area contributed by atoms with Gasteiger partial charge in [-0.15, -0.1) is 0 Å². The number of pyridine rings is 1. The van der Waals surface area contributed by atoms with Crippen LogP contribution in [-0.4, -0.2) is 9.97 Å². The van der Waals surface area contributed by atoms with Crippen molar-refractivity contribution < 1.29 is 0 Å². The Kier molecular flexibility index (Phi) is 1.36. The fraction of sp³-hybridized carbons (Fsp3) is 0.125. The van der Waals surface area contributed by atoms with Crippen molar-refractivity contribution in [1.29, 1.82) is 0 Å². The second-order valence-electron chi connectivity index (χ2n) is 2.52. The van der Waals surface area contributed by atoms with Crippen molar-refractivity contribution in [3.63, 3.8) is 0 Å². The van der Waals surface area contributed by atoms with Gasteiger partial charge in [0.25, 0.3) is 0 Å². The van der Waals surface area contributed by atoms with Gasteiger partial charge in [0, 0.05) is 17.8 Å². The molecule has 0 unspecified atom stereocenters. The van der Waals surface area contributed by atoms with Crippen molar-refractivity contribution in [1.82, 2.24) is 9.97 Å². The van der Waals surface area contributed by atoms with E-state index >= 15 is 0 Å². The summed E-state index contributed by atoms with van der Waals surface area (Å²) in [5, 5.41) is 1.78. The zero-order valence-corrected chi connectivity index (χ0v) is 6.81. The topological polar surface area (TPSA) is 28.7 Å². The first-order valence-electron chi connectivity index (χ1n) is 3.36. The summed E-state index contributed by atoms with van der Waals surface area (Å²) in [5.74, 6) is 0. The third kappa shape index (κ3) is 0.906. The molecule has 2 aromatic heterocycles. The van der Waals surface area contributed by atoms with Crippen LogP contribution in [0.1, 0.15) is 5.56 Å². The van der Waals surface area contributed by atoms with Gasteiger partial charge in [-0.1, -0.05) is 11.6 Å². The summed E-state index contributed by atoms with van der Waals surface area (Å²) < 4.78 is 0. The van der Waals surface area contributed by atoms with Crippen LogP contribution in [0, 0.1) is 6.92 Å². The number of H-pyrrole nitrogens is 1. The van der Waals surface area contributed by atoms with Crippen LogP contribution >= 0.6 is 11.6 Å². The maximum Gasteiger partial charge on any atom is 0.0685 e. The summed E-state index contributed by atoms with van der Waals surface area (Å²) in [6.07, 6.45) is 5.36. The quantitative estimate of drug-likeness (QED) is 0.640. The lowest BCUT2D eigenvalue weighted by Crippen LogP contribution is -1.74. The average Bonchev–Trinajstić information content (AvgIpc) is 2.34. The summed E-state index contributed by atoms with van der Waals surface area (Å²) >= 11 is 5.92. The zero-order valence-electron chi connectivity index (χ0n) is 6.06. The van der Waals surface area contributed by atoms with E-state index in [1.165, 1.54) is 0 Å². The number of aryl methyl sites for hydroxylation is 1. The molecule has 3 heteroatoms. The summed E-state index contributed by atoms with van der Waals surface area (Å²) in [6.45, 7) is 2.02. The standard InChI is InChI=1S/C8H7ClN2/c1-5-2-11-7-4-10-3-6(9)8(5)7/h2-4,11H,1H3. The van der Waals surface area contributed by atoms with Gasteiger partial charge < -0.3 is 4.98 Å². The second kappa shape index (κ2) is 2.24. The van der Waals surface area contributed by atoms with E-state index in [2.05, 4.69) is 9.97 Å². The number of nitrogens with zero attached hydrogens (tertiary/aromatic N) is 1. The molecule has 0 aromatic carbocycles. The largest absolute Gasteiger partial charge is 0.360 e. The third-order valence-electron chi connectivity index (χ3n) is 1.74. The van der Waals surface area contributed by atoms with Crippen LogP contribution in [0.5, 0.6) is 0 Å². The third-order valence-corrected chi connectivity index (χ3v) is 2.02. The molecule has 0 saturated heterocycles. The van der Waals surface area contributed by atoms with Gasteiger partial charge in [0.1, 0.15) is 0 Å². The molecule has 0 fully saturated rings. The minimum Gasteiger partial charge on any atom is -0.360 e. The number of hydrogen-bond donors (Lipinski definition) is 1. The number of nitrogens with one attached hydrogen (secondary N) is 1. The predicted octanol–water partition coefficient (Wildman–Crippen LogP) is 2.52. The van der Waals surface area contributed by atoms with Crippen LogP contribution in [0.25, 0.3) is 10.9 Å². The van der Waals surface area contributed by atoms with Crippen molar-refractivity contribution in [2.75, 3.05) is 0 Å². The molecule has 2 heterocycles. The molecule has 56 valence electrons. The molecule has 0 spiro atoms. The van der Waals surface area contributed by atoms with E-state index < -0.39 is 0 Å². The molecular formula is C8H7ClN2. The molecule has 2 nitrogen and oxygen atoms in total. The molecule has 0 radical (unpaired) electrons. The molecule has 2 aromatic rings. The van der Waals surface area contributed by atoms with Crippen molar-refractivity contribution in [2.24, 2.45) is 0 Å². The fourth-order valence-electron chi connectivity index (χ4n) is 1.20. The molecule has 0 amide bonds. The summed E-state index contributed by atoms with van der Waals surface area (Å²) in [4.78, 5) is 7.04. The molecule has 0 aliphatic rings. The normalized spacial score (nSPS) is 10.7. The number of aromatic nitrogens is 2. The van der Waals surface area contributed by atoms with E-state index in [1.807, 2.05) is 13.1 Å². The lowest BCUT2D eigenvalue weighted by Gasteiger charge is -1.92. The maximum atomic E-state index is 5.92. The Morgan fingerprint density at radius 2 is 2.27 bits per heavy atom. The number of rotatable bonds is 0. The first-order valence-corrected chi connectivity index (χ1v) is 3.74. The zero-order chi connectivity index (χ0) is 7.84. The van der Waals surface area contributed by atoms with Crippen molar-refractivity contribution in [3.05, 3.63) is 29.2 Å². The van der Waals surface area contributed by atoms with Crippen LogP contribution in [0.2, 0.25) is 5.02 Å². The Labute approximate surface area is 69.2 Å². The highest BCUT2D eigenvalue weighted by Crippen LogP contribution is 2.24. The Morgan fingerprint density at radius 1 is 1.45 bits per heavy atom. The smallest absolute Gasteiger partial charge is 0.0685 e. The van der Waals surface area contributed by atoms with Crippen LogP contribution < -0.4 is 0 Å². The van der Waals surface area contributed by atoms with Crippen LogP contribution in [0.4, 0.5) is 0 Å². The molecule has 11 heavy (non-hydrogen) atoms. The van der Waals surface area contributed by atoms with Gasteiger partial charge in [0.15, 0.2) is 0 Å². The highest BCUT2D eigenvalue weighted by atomic mass is 35.5. The lowest BCUT2D eigenvalue weighted by molar-refractivity contribution is 1.34. The van der Waals surface area contributed by atoms with E-state index in [0.717, 1.165) is 16.5 Å². The molecular weight excluding hydrogens is 160 g/mol. The lowest BCUT2D eigenvalue weighted by atomic mass is 10.2. The van der Waals surface area contributed by atoms with E-state index in [9.17, 15) is 0 Å². The SMILES string of the molecule is Cc1c[nH]c2cncc(Cl)c12.